The van der Waals surface area contributed by atoms with E-state index in [2.05, 4.69) is 54.1 Å². The van der Waals surface area contributed by atoms with Gasteiger partial charge in [-0.2, -0.15) is 0 Å². The lowest BCUT2D eigenvalue weighted by Crippen LogP contribution is -2.20. The normalized spacial score (nSPS) is 15.4. The zero-order valence-electron chi connectivity index (χ0n) is 13.5. The first-order chi connectivity index (χ1) is 11.1. The summed E-state index contributed by atoms with van der Waals surface area (Å²) in [7, 11) is -1.26. The first-order valence-corrected chi connectivity index (χ1v) is 9.15. The van der Waals surface area contributed by atoms with Gasteiger partial charge in [0, 0.05) is 17.1 Å². The summed E-state index contributed by atoms with van der Waals surface area (Å²) in [5, 5.41) is 6.73. The van der Waals surface area contributed by atoms with Crippen LogP contribution in [0.1, 0.15) is 31.7 Å². The molecule has 3 atom stereocenters. The molecule has 0 amide bonds. The molecule has 2 N–H and O–H groups in total. The van der Waals surface area contributed by atoms with Crippen molar-refractivity contribution in [2.45, 2.75) is 31.4 Å². The van der Waals surface area contributed by atoms with Crippen molar-refractivity contribution in [3.8, 4) is 5.69 Å². The maximum absolute atomic E-state index is 11.4. The maximum Gasteiger partial charge on any atom is 0.0917 e. The Balaban J connectivity index is 1.96. The minimum Gasteiger partial charge on any atom is -0.317 e. The molecule has 3 nitrogen and oxygen atoms in total. The van der Waals surface area contributed by atoms with Crippen LogP contribution in [-0.4, -0.2) is 14.0 Å². The Morgan fingerprint density at radius 3 is 2.52 bits per heavy atom. The van der Waals surface area contributed by atoms with Gasteiger partial charge in [-0.3, -0.25) is 5.14 Å². The highest BCUT2D eigenvalue weighted by Gasteiger charge is 2.15. The molecule has 23 heavy (non-hydrogen) atoms. The van der Waals surface area contributed by atoms with Gasteiger partial charge in [-0.1, -0.05) is 37.3 Å². The highest BCUT2D eigenvalue weighted by atomic mass is 32.2. The van der Waals surface area contributed by atoms with Crippen LogP contribution in [0.3, 0.4) is 0 Å². The summed E-state index contributed by atoms with van der Waals surface area (Å²) in [4.78, 5) is 0. The Morgan fingerprint density at radius 1 is 1.09 bits per heavy atom. The van der Waals surface area contributed by atoms with Crippen molar-refractivity contribution < 1.29 is 4.21 Å². The Kier molecular flexibility index (Phi) is 4.64. The van der Waals surface area contributed by atoms with Crippen molar-refractivity contribution in [1.82, 2.24) is 4.57 Å². The number of benzene rings is 2. The minimum absolute atomic E-state index is 0.00149. The zero-order chi connectivity index (χ0) is 16.4. The van der Waals surface area contributed by atoms with E-state index in [4.69, 9.17) is 5.14 Å². The Morgan fingerprint density at radius 2 is 1.83 bits per heavy atom. The van der Waals surface area contributed by atoms with Crippen LogP contribution in [0, 0.1) is 0 Å². The highest BCUT2D eigenvalue weighted by molar-refractivity contribution is 7.83. The van der Waals surface area contributed by atoms with Gasteiger partial charge in [-0.05, 0) is 54.5 Å². The molecule has 2 unspecified atom stereocenters. The van der Waals surface area contributed by atoms with Crippen molar-refractivity contribution in [2.24, 2.45) is 5.14 Å². The van der Waals surface area contributed by atoms with E-state index in [0.717, 1.165) is 12.1 Å². The van der Waals surface area contributed by atoms with Crippen LogP contribution < -0.4 is 5.14 Å². The second-order valence-corrected chi connectivity index (χ2v) is 7.58. The van der Waals surface area contributed by atoms with Gasteiger partial charge in [-0.15, -0.1) is 0 Å². The molecule has 0 bridgehead atoms. The molecule has 1 heterocycles. The Bertz CT molecular complexity index is 826. The molecule has 0 aliphatic heterocycles. The van der Waals surface area contributed by atoms with Gasteiger partial charge >= 0.3 is 0 Å². The van der Waals surface area contributed by atoms with E-state index in [9.17, 15) is 4.21 Å². The molecule has 120 valence electrons. The van der Waals surface area contributed by atoms with Crippen LogP contribution in [0.4, 0.5) is 0 Å². The fourth-order valence-corrected chi connectivity index (χ4v) is 3.47. The lowest BCUT2D eigenvalue weighted by molar-refractivity contribution is 0.636. The van der Waals surface area contributed by atoms with Gasteiger partial charge in [0.2, 0.25) is 0 Å². The first-order valence-electron chi connectivity index (χ1n) is 7.87. The summed E-state index contributed by atoms with van der Waals surface area (Å²) in [6.45, 7) is 4.11. The third kappa shape index (κ3) is 3.38. The molecule has 0 radical (unpaired) electrons. The predicted molar refractivity (Wildman–Crippen MR) is 98.1 cm³/mol. The van der Waals surface area contributed by atoms with Gasteiger partial charge in [0.1, 0.15) is 0 Å². The largest absolute Gasteiger partial charge is 0.317 e. The molecule has 0 spiro atoms. The summed E-state index contributed by atoms with van der Waals surface area (Å²) in [5.41, 5.74) is 3.61. The van der Waals surface area contributed by atoms with Crippen LogP contribution in [0.25, 0.3) is 16.6 Å². The van der Waals surface area contributed by atoms with Crippen molar-refractivity contribution in [2.75, 3.05) is 0 Å². The van der Waals surface area contributed by atoms with Crippen molar-refractivity contribution >= 4 is 21.9 Å². The molecular formula is C19H22N2OS. The third-order valence-electron chi connectivity index (χ3n) is 4.40. The molecule has 0 aliphatic rings. The second kappa shape index (κ2) is 6.69. The van der Waals surface area contributed by atoms with Crippen LogP contribution >= 0.6 is 0 Å². The standard InChI is InChI=1S/C19H22N2OS/c1-14(12-15(2)23(20)22)17-9-8-16-10-11-21(19(16)13-17)18-6-4-3-5-7-18/h3-11,13-15H,12,20H2,1-2H3/t14-,15?,23?/m0/s1. The molecule has 2 aromatic carbocycles. The highest BCUT2D eigenvalue weighted by Crippen LogP contribution is 2.27. The molecular weight excluding hydrogens is 304 g/mol. The lowest BCUT2D eigenvalue weighted by Gasteiger charge is -2.16. The third-order valence-corrected chi connectivity index (χ3v) is 5.39. The molecule has 0 aliphatic carbocycles. The van der Waals surface area contributed by atoms with Crippen molar-refractivity contribution in [3.05, 3.63) is 66.4 Å². The summed E-state index contributed by atoms with van der Waals surface area (Å²) >= 11 is 0. The lowest BCUT2D eigenvalue weighted by atomic mass is 9.95. The quantitative estimate of drug-likeness (QED) is 0.753. The molecule has 1 aromatic heterocycles. The van der Waals surface area contributed by atoms with E-state index in [1.807, 2.05) is 25.1 Å². The van der Waals surface area contributed by atoms with Crippen LogP contribution in [0.2, 0.25) is 0 Å². The average molecular weight is 326 g/mol. The molecule has 3 aromatic rings. The van der Waals surface area contributed by atoms with Crippen LogP contribution in [0.15, 0.2) is 60.8 Å². The van der Waals surface area contributed by atoms with Crippen LogP contribution in [0.5, 0.6) is 0 Å². The number of nitrogens with two attached hydrogens (primary N) is 1. The average Bonchev–Trinajstić information content (AvgIpc) is 2.98. The summed E-state index contributed by atoms with van der Waals surface area (Å²) in [6.07, 6.45) is 2.92. The van der Waals surface area contributed by atoms with Gasteiger partial charge in [-0.25, -0.2) is 4.21 Å². The van der Waals surface area contributed by atoms with E-state index in [1.165, 1.54) is 16.5 Å². The van der Waals surface area contributed by atoms with Crippen molar-refractivity contribution in [1.29, 1.82) is 0 Å². The van der Waals surface area contributed by atoms with Gasteiger partial charge < -0.3 is 4.57 Å². The number of hydrogen-bond donors (Lipinski definition) is 1. The topological polar surface area (TPSA) is 48.0 Å². The summed E-state index contributed by atoms with van der Waals surface area (Å²) < 4.78 is 13.6. The monoisotopic (exact) mass is 326 g/mol. The summed E-state index contributed by atoms with van der Waals surface area (Å²) in [5.74, 6) is 0.320. The smallest absolute Gasteiger partial charge is 0.0917 e. The zero-order valence-corrected chi connectivity index (χ0v) is 14.3. The fourth-order valence-electron chi connectivity index (χ4n) is 2.99. The van der Waals surface area contributed by atoms with E-state index < -0.39 is 11.0 Å². The number of hydrogen-bond acceptors (Lipinski definition) is 1. The fraction of sp³-hybridized carbons (Fsp3) is 0.263. The number of rotatable bonds is 5. The predicted octanol–water partition coefficient (Wildman–Crippen LogP) is 4.14. The van der Waals surface area contributed by atoms with Gasteiger partial charge in [0.25, 0.3) is 0 Å². The summed E-state index contributed by atoms with van der Waals surface area (Å²) in [6, 6.07) is 19.0. The number of nitrogens with zero attached hydrogens (tertiary/aromatic N) is 1. The maximum atomic E-state index is 11.4. The molecule has 0 fully saturated rings. The van der Waals surface area contributed by atoms with E-state index in [1.54, 1.807) is 0 Å². The SMILES string of the molecule is CC(C[C@H](C)c1ccc2ccn(-c3ccccc3)c2c1)S(N)=O. The van der Waals surface area contributed by atoms with E-state index in [0.29, 0.717) is 5.92 Å². The number of aromatic nitrogens is 1. The molecule has 0 saturated carbocycles. The number of fused-ring (bicyclic) bond motifs is 1. The number of para-hydroxylation sites is 1. The Labute approximate surface area is 139 Å². The van der Waals surface area contributed by atoms with Crippen molar-refractivity contribution in [3.63, 3.8) is 0 Å². The van der Waals surface area contributed by atoms with Gasteiger partial charge in [0.05, 0.1) is 16.5 Å². The van der Waals surface area contributed by atoms with Gasteiger partial charge in [0.15, 0.2) is 0 Å². The molecule has 0 saturated heterocycles. The molecule has 3 rings (SSSR count). The van der Waals surface area contributed by atoms with E-state index in [-0.39, 0.29) is 5.25 Å². The second-order valence-electron chi connectivity index (χ2n) is 6.12. The first kappa shape index (κ1) is 16.0. The van der Waals surface area contributed by atoms with E-state index >= 15 is 0 Å². The van der Waals surface area contributed by atoms with Crippen LogP contribution in [-0.2, 0) is 11.0 Å². The minimum atomic E-state index is -1.26. The molecule has 4 heteroatoms. The Hall–Kier alpha value is -1.91.